The Labute approximate surface area is 148 Å². The maximum Gasteiger partial charge on any atom is 0.287 e. The number of unbranched alkanes of at least 4 members (excludes halogenated alkanes) is 1. The number of aryl methyl sites for hydroxylation is 1. The SMILES string of the molecule is CCCCN1C(=O)S/C(=C\c2ccccc2)C1c1ccc(C)cc1. The number of rotatable bonds is 5. The summed E-state index contributed by atoms with van der Waals surface area (Å²) in [7, 11) is 0. The number of thioether (sulfide) groups is 1. The fraction of sp³-hybridized carbons (Fsp3) is 0.286. The molecule has 124 valence electrons. The number of hydrogen-bond donors (Lipinski definition) is 0. The van der Waals surface area contributed by atoms with E-state index in [0.717, 1.165) is 29.9 Å². The zero-order valence-electron chi connectivity index (χ0n) is 14.2. The minimum Gasteiger partial charge on any atom is -0.322 e. The van der Waals surface area contributed by atoms with Crippen LogP contribution in [0.3, 0.4) is 0 Å². The highest BCUT2D eigenvalue weighted by Gasteiger charge is 2.36. The van der Waals surface area contributed by atoms with Crippen LogP contribution in [0.15, 0.2) is 59.5 Å². The predicted octanol–water partition coefficient (Wildman–Crippen LogP) is 6.05. The van der Waals surface area contributed by atoms with Gasteiger partial charge >= 0.3 is 0 Å². The van der Waals surface area contributed by atoms with Gasteiger partial charge in [-0.2, -0.15) is 0 Å². The molecule has 0 aromatic heterocycles. The molecule has 1 saturated heterocycles. The Hall–Kier alpha value is -2.00. The van der Waals surface area contributed by atoms with E-state index in [1.54, 1.807) is 0 Å². The molecule has 0 radical (unpaired) electrons. The third-order valence-corrected chi connectivity index (χ3v) is 5.26. The van der Waals surface area contributed by atoms with Gasteiger partial charge in [0.05, 0.1) is 6.04 Å². The highest BCUT2D eigenvalue weighted by molar-refractivity contribution is 8.17. The van der Waals surface area contributed by atoms with Crippen LogP contribution >= 0.6 is 11.8 Å². The van der Waals surface area contributed by atoms with Crippen molar-refractivity contribution in [3.63, 3.8) is 0 Å². The van der Waals surface area contributed by atoms with Gasteiger partial charge in [0.15, 0.2) is 0 Å². The Morgan fingerprint density at radius 2 is 1.79 bits per heavy atom. The summed E-state index contributed by atoms with van der Waals surface area (Å²) in [6.07, 6.45) is 4.28. The molecule has 24 heavy (non-hydrogen) atoms. The first-order valence-corrected chi connectivity index (χ1v) is 9.32. The molecule has 1 amide bonds. The highest BCUT2D eigenvalue weighted by atomic mass is 32.2. The van der Waals surface area contributed by atoms with Gasteiger partial charge in [0.25, 0.3) is 5.24 Å². The van der Waals surface area contributed by atoms with Crippen LogP contribution in [0.25, 0.3) is 6.08 Å². The third-order valence-electron chi connectivity index (χ3n) is 4.27. The Kier molecular flexibility index (Phi) is 5.41. The van der Waals surface area contributed by atoms with E-state index < -0.39 is 0 Å². The third kappa shape index (κ3) is 3.73. The second-order valence-corrected chi connectivity index (χ2v) is 7.21. The van der Waals surface area contributed by atoms with E-state index in [2.05, 4.69) is 56.3 Å². The Bertz CT molecular complexity index is 721. The molecule has 1 fully saturated rings. The molecule has 0 N–H and O–H groups in total. The summed E-state index contributed by atoms with van der Waals surface area (Å²) in [5.41, 5.74) is 3.57. The molecule has 3 rings (SSSR count). The molecule has 0 bridgehead atoms. The molecule has 2 aromatic rings. The van der Waals surface area contributed by atoms with Crippen LogP contribution in [0.5, 0.6) is 0 Å². The molecular weight excluding hydrogens is 314 g/mol. The lowest BCUT2D eigenvalue weighted by Crippen LogP contribution is -2.27. The van der Waals surface area contributed by atoms with Crippen molar-refractivity contribution in [2.24, 2.45) is 0 Å². The molecule has 1 aliphatic heterocycles. The van der Waals surface area contributed by atoms with Crippen LogP contribution in [-0.2, 0) is 0 Å². The lowest BCUT2D eigenvalue weighted by atomic mass is 10.0. The van der Waals surface area contributed by atoms with Crippen LogP contribution in [0.1, 0.15) is 42.5 Å². The molecule has 0 aliphatic carbocycles. The molecule has 2 aromatic carbocycles. The van der Waals surface area contributed by atoms with Crippen molar-refractivity contribution in [3.8, 4) is 0 Å². The van der Waals surface area contributed by atoms with Gasteiger partial charge in [-0.3, -0.25) is 4.79 Å². The van der Waals surface area contributed by atoms with Crippen LogP contribution in [0, 0.1) is 6.92 Å². The van der Waals surface area contributed by atoms with Crippen molar-refractivity contribution in [2.75, 3.05) is 6.54 Å². The van der Waals surface area contributed by atoms with E-state index in [9.17, 15) is 4.79 Å². The monoisotopic (exact) mass is 337 g/mol. The van der Waals surface area contributed by atoms with Gasteiger partial charge in [0, 0.05) is 11.4 Å². The van der Waals surface area contributed by atoms with E-state index >= 15 is 0 Å². The van der Waals surface area contributed by atoms with Gasteiger partial charge in [-0.25, -0.2) is 0 Å². The second-order valence-electron chi connectivity index (χ2n) is 6.19. The number of carbonyl (C=O) groups excluding carboxylic acids is 1. The quantitative estimate of drug-likeness (QED) is 0.662. The molecule has 1 heterocycles. The minimum absolute atomic E-state index is 0.0369. The van der Waals surface area contributed by atoms with Gasteiger partial charge < -0.3 is 4.90 Å². The predicted molar refractivity (Wildman–Crippen MR) is 103 cm³/mol. The van der Waals surface area contributed by atoms with E-state index in [4.69, 9.17) is 0 Å². The van der Waals surface area contributed by atoms with Gasteiger partial charge in [0.1, 0.15) is 0 Å². The van der Waals surface area contributed by atoms with Gasteiger partial charge in [-0.1, -0.05) is 73.5 Å². The first-order valence-electron chi connectivity index (χ1n) is 8.50. The molecule has 0 saturated carbocycles. The highest BCUT2D eigenvalue weighted by Crippen LogP contribution is 2.45. The van der Waals surface area contributed by atoms with E-state index in [0.29, 0.717) is 0 Å². The summed E-state index contributed by atoms with van der Waals surface area (Å²) in [5, 5.41) is 0.163. The summed E-state index contributed by atoms with van der Waals surface area (Å²) < 4.78 is 0. The summed E-state index contributed by atoms with van der Waals surface area (Å²) in [4.78, 5) is 15.7. The zero-order chi connectivity index (χ0) is 16.9. The van der Waals surface area contributed by atoms with Crippen molar-refractivity contribution in [2.45, 2.75) is 32.7 Å². The maximum atomic E-state index is 12.6. The van der Waals surface area contributed by atoms with Gasteiger partial charge in [-0.15, -0.1) is 0 Å². The van der Waals surface area contributed by atoms with Crippen LogP contribution < -0.4 is 0 Å². The number of nitrogens with zero attached hydrogens (tertiary/aromatic N) is 1. The Morgan fingerprint density at radius 3 is 2.46 bits per heavy atom. The number of hydrogen-bond acceptors (Lipinski definition) is 2. The van der Waals surface area contributed by atoms with E-state index in [-0.39, 0.29) is 11.3 Å². The lowest BCUT2D eigenvalue weighted by Gasteiger charge is -2.25. The molecule has 0 spiro atoms. The molecule has 3 heteroatoms. The van der Waals surface area contributed by atoms with Crippen molar-refractivity contribution < 1.29 is 4.79 Å². The summed E-state index contributed by atoms with van der Waals surface area (Å²) >= 11 is 1.37. The number of benzene rings is 2. The molecule has 1 atom stereocenters. The average Bonchev–Trinajstić information content (AvgIpc) is 2.90. The smallest absolute Gasteiger partial charge is 0.287 e. The van der Waals surface area contributed by atoms with Crippen molar-refractivity contribution in [1.82, 2.24) is 4.90 Å². The number of amides is 1. The van der Waals surface area contributed by atoms with Crippen molar-refractivity contribution in [3.05, 3.63) is 76.2 Å². The number of carbonyl (C=O) groups is 1. The van der Waals surface area contributed by atoms with Gasteiger partial charge in [-0.05, 0) is 42.3 Å². The van der Waals surface area contributed by atoms with Crippen LogP contribution in [0.2, 0.25) is 0 Å². The first-order chi connectivity index (χ1) is 11.7. The molecule has 1 aliphatic rings. The van der Waals surface area contributed by atoms with Crippen molar-refractivity contribution in [1.29, 1.82) is 0 Å². The second kappa shape index (κ2) is 7.71. The topological polar surface area (TPSA) is 20.3 Å². The van der Waals surface area contributed by atoms with E-state index in [1.807, 2.05) is 23.1 Å². The van der Waals surface area contributed by atoms with Crippen LogP contribution in [0.4, 0.5) is 4.79 Å². The molecule has 1 unspecified atom stereocenters. The lowest BCUT2D eigenvalue weighted by molar-refractivity contribution is 0.214. The minimum atomic E-state index is 0.0369. The zero-order valence-corrected chi connectivity index (χ0v) is 15.1. The largest absolute Gasteiger partial charge is 0.322 e. The average molecular weight is 337 g/mol. The fourth-order valence-corrected chi connectivity index (χ4v) is 4.02. The van der Waals surface area contributed by atoms with E-state index in [1.165, 1.54) is 22.9 Å². The summed E-state index contributed by atoms with van der Waals surface area (Å²) in [5.74, 6) is 0. The maximum absolute atomic E-state index is 12.6. The normalized spacial score (nSPS) is 19.2. The Balaban J connectivity index is 1.98. The van der Waals surface area contributed by atoms with Crippen molar-refractivity contribution >= 4 is 23.1 Å². The summed E-state index contributed by atoms with van der Waals surface area (Å²) in [6, 6.07) is 18.8. The molecule has 2 nitrogen and oxygen atoms in total. The van der Waals surface area contributed by atoms with Crippen LogP contribution in [-0.4, -0.2) is 16.7 Å². The van der Waals surface area contributed by atoms with Gasteiger partial charge in [0.2, 0.25) is 0 Å². The first kappa shape index (κ1) is 16.8. The Morgan fingerprint density at radius 1 is 1.08 bits per heavy atom. The fourth-order valence-electron chi connectivity index (χ4n) is 2.94. The standard InChI is InChI=1S/C21H23NOS/c1-3-4-14-22-20(18-12-10-16(2)11-13-18)19(24-21(22)23)15-17-8-6-5-7-9-17/h5-13,15,20H,3-4,14H2,1-2H3/b19-15-. The summed E-state index contributed by atoms with van der Waals surface area (Å²) in [6.45, 7) is 5.07. The molecular formula is C21H23NOS.